The third kappa shape index (κ3) is 53.9. The van der Waals surface area contributed by atoms with E-state index in [4.69, 9.17) is 87.1 Å². The van der Waals surface area contributed by atoms with Crippen molar-refractivity contribution in [1.29, 1.82) is 0 Å². The number of Topliss-reactive ketones (excluding diaryl/α,β-unsaturated/α-hetero) is 1. The van der Waals surface area contributed by atoms with E-state index in [2.05, 4.69) is 39.2 Å². The van der Waals surface area contributed by atoms with Gasteiger partial charge in [-0.05, 0) is 115 Å². The largest absolute Gasteiger partial charge is 0.481 e. The van der Waals surface area contributed by atoms with Crippen LogP contribution in [0.4, 0.5) is 0 Å². The summed E-state index contributed by atoms with van der Waals surface area (Å²) in [5.41, 5.74) is 0.827. The average Bonchev–Trinajstić information content (AvgIpc) is 1.46. The van der Waals surface area contributed by atoms with Gasteiger partial charge in [0.05, 0.1) is 106 Å². The van der Waals surface area contributed by atoms with E-state index < -0.39 is 121 Å². The molecule has 1 aromatic rings. The maximum Gasteiger partial charge on any atom is 0.305 e. The van der Waals surface area contributed by atoms with Gasteiger partial charge in [0.1, 0.15) is 31.9 Å². The van der Waals surface area contributed by atoms with Gasteiger partial charge in [-0.25, -0.2) is 0 Å². The normalized spacial score (nSPS) is 16.3. The number of carboxylic acid groups (broad SMARTS) is 1. The van der Waals surface area contributed by atoms with E-state index in [-0.39, 0.29) is 201 Å². The summed E-state index contributed by atoms with van der Waals surface area (Å²) >= 11 is 3.98. The van der Waals surface area contributed by atoms with Crippen LogP contribution in [0.2, 0.25) is 0 Å². The summed E-state index contributed by atoms with van der Waals surface area (Å²) in [7, 11) is 14.1. The fourth-order valence-corrected chi connectivity index (χ4v) is 14.0. The van der Waals surface area contributed by atoms with Gasteiger partial charge in [-0.1, -0.05) is 113 Å². The maximum absolute atomic E-state index is 14.5. The third-order valence-electron chi connectivity index (χ3n) is 22.0. The summed E-state index contributed by atoms with van der Waals surface area (Å²) in [6.07, 6.45) is 1.16. The first-order valence-corrected chi connectivity index (χ1v) is 46.8. The van der Waals surface area contributed by atoms with Crippen LogP contribution in [0.5, 0.6) is 0 Å². The van der Waals surface area contributed by atoms with Gasteiger partial charge >= 0.3 is 23.9 Å². The van der Waals surface area contributed by atoms with Crippen LogP contribution in [0.1, 0.15) is 217 Å². The van der Waals surface area contributed by atoms with Gasteiger partial charge in [-0.3, -0.25) is 62.4 Å². The topological polar surface area (TPSA) is 516 Å². The Hall–Kier alpha value is -7.23. The number of carbonyl (C=O) groups is 12. The molecule has 132 heavy (non-hydrogen) atoms. The summed E-state index contributed by atoms with van der Waals surface area (Å²) < 4.78 is 68.6. The molecule has 2 rings (SSSR count). The molecular weight excluding hydrogens is 1750 g/mol. The molecule has 0 aliphatic carbocycles. The summed E-state index contributed by atoms with van der Waals surface area (Å²) in [4.78, 5) is 158. The van der Waals surface area contributed by atoms with E-state index in [1.807, 2.05) is 119 Å². The minimum absolute atomic E-state index is 0.00839. The highest BCUT2D eigenvalue weighted by Crippen LogP contribution is 2.31. The zero-order chi connectivity index (χ0) is 100. The molecule has 0 bridgehead atoms. The van der Waals surface area contributed by atoms with E-state index in [1.165, 1.54) is 42.7 Å². The van der Waals surface area contributed by atoms with Crippen molar-refractivity contribution in [2.45, 2.75) is 316 Å². The molecule has 11 N–H and O–H groups in total. The van der Waals surface area contributed by atoms with Crippen LogP contribution in [-0.2, 0) is 126 Å². The quantitative estimate of drug-likeness (QED) is 0.0134. The molecule has 1 aromatic carbocycles. The Balaban J connectivity index is 0. The van der Waals surface area contributed by atoms with E-state index >= 15 is 0 Å². The van der Waals surface area contributed by atoms with Gasteiger partial charge in [0.15, 0.2) is 30.9 Å². The van der Waals surface area contributed by atoms with E-state index in [9.17, 15) is 62.6 Å². The second kappa shape index (κ2) is 75.9. The van der Waals surface area contributed by atoms with Crippen LogP contribution in [0.3, 0.4) is 0 Å². The number of hydrogen-bond donors (Lipinski definition) is 12. The van der Waals surface area contributed by atoms with E-state index in [0.717, 1.165) is 5.56 Å². The maximum atomic E-state index is 14.5. The molecule has 39 nitrogen and oxygen atoms in total. The molecule has 10 unspecified atom stereocenters. The molecule has 766 valence electrons. The number of nitrogens with zero attached hydrogens (tertiary/aromatic N) is 3. The summed E-state index contributed by atoms with van der Waals surface area (Å²) in [6.45, 7) is 22.7. The number of aliphatic carboxylic acids is 1. The average molecular weight is 1910 g/mol. The number of ether oxygens (including phenoxy) is 13. The lowest BCUT2D eigenvalue weighted by molar-refractivity contribution is -0.194. The molecule has 1 saturated heterocycles. The number of carbonyl (C=O) groups excluding carboxylic acids is 11. The Bertz CT molecular complexity index is 3290. The molecule has 0 aromatic heterocycles. The van der Waals surface area contributed by atoms with Crippen molar-refractivity contribution in [3.05, 3.63) is 35.9 Å². The number of thiol groups is 1. The first-order valence-electron chi connectivity index (χ1n) is 46.1. The van der Waals surface area contributed by atoms with Crippen molar-refractivity contribution in [3.8, 4) is 0 Å². The second-order valence-corrected chi connectivity index (χ2v) is 33.5. The molecule has 1 heterocycles. The molecule has 1 aliphatic rings. The van der Waals surface area contributed by atoms with Gasteiger partial charge in [0, 0.05) is 126 Å². The Kier molecular flexibility index (Phi) is 72.9. The Morgan fingerprint density at radius 3 is 1.37 bits per heavy atom. The van der Waals surface area contributed by atoms with Crippen molar-refractivity contribution in [2.75, 3.05) is 142 Å². The number of amides is 7. The number of esters is 3. The van der Waals surface area contributed by atoms with Crippen LogP contribution in [0.15, 0.2) is 30.3 Å². The molecule has 40 heteroatoms. The summed E-state index contributed by atoms with van der Waals surface area (Å²) in [6, 6.07) is 5.35. The SMILES string of the molecule is CCC(CO)OC(CO)OC.CCC(CO)OC(COC(=O)CCCC(=O)NC(C)C(=O)CCCCNC(=O)C(Cc1ccccc1)NC(=O)[C@H](C)[C@@H](OC)[C@@H]1CCCN1C(=O)C[C@@H](OC)[C@H]([C@@H](C)CC)N(C)C(=O)[C@@H](NC(=O)[C@H](C(C)C)N(C)C)C(C)C)OC.CCC(CO)OC(COC(=O)CCCC(=O)NCCS)OC.CCC(CO)OC(COC(=O)CCCC(=O)O)OC. The fraction of sp³-hybridized carbons (Fsp3) is 0.804. The summed E-state index contributed by atoms with van der Waals surface area (Å²) in [5, 5.41) is 67.4. The Morgan fingerprint density at radius 1 is 0.500 bits per heavy atom. The number of unbranched alkanes of at least 4 members (excludes halogenated alkanes) is 1. The first-order chi connectivity index (χ1) is 62.8. The number of benzene rings is 1. The van der Waals surface area contributed by atoms with Gasteiger partial charge < -0.3 is 129 Å². The number of aliphatic hydroxyl groups excluding tert-OH is 5. The molecular formula is C92H166N8O31S. The fourth-order valence-electron chi connectivity index (χ4n) is 13.9. The highest BCUT2D eigenvalue weighted by Gasteiger charge is 2.44. The van der Waals surface area contributed by atoms with Crippen LogP contribution < -0.4 is 26.6 Å². The molecule has 1 aliphatic heterocycles. The Labute approximate surface area is 788 Å². The number of methoxy groups -OCH3 is 6. The number of nitrogens with one attached hydrogen (secondary N) is 5. The minimum Gasteiger partial charge on any atom is -0.481 e. The number of likely N-dealkylation sites (tertiary alicyclic amines) is 1. The van der Waals surface area contributed by atoms with Gasteiger partial charge in [0.25, 0.3) is 0 Å². The van der Waals surface area contributed by atoms with Gasteiger partial charge in [0.2, 0.25) is 41.4 Å². The number of hydrogen-bond acceptors (Lipinski definition) is 32. The van der Waals surface area contributed by atoms with E-state index in [1.54, 1.807) is 30.7 Å². The van der Waals surface area contributed by atoms with Crippen LogP contribution in [-0.4, -0.2) is 356 Å². The Morgan fingerprint density at radius 2 is 0.970 bits per heavy atom. The number of ketones is 1. The zero-order valence-electron chi connectivity index (χ0n) is 82.4. The minimum atomic E-state index is -0.959. The number of rotatable bonds is 69. The predicted octanol–water partition coefficient (Wildman–Crippen LogP) is 4.98. The second-order valence-electron chi connectivity index (χ2n) is 33.0. The zero-order valence-corrected chi connectivity index (χ0v) is 83.3. The number of carboxylic acids is 1. The smallest absolute Gasteiger partial charge is 0.305 e. The third-order valence-corrected chi connectivity index (χ3v) is 22.2. The first kappa shape index (κ1) is 127. The number of likely N-dealkylation sites (N-methyl/N-ethyl adjacent to an activating group) is 2. The molecule has 7 amide bonds. The highest BCUT2D eigenvalue weighted by atomic mass is 32.1. The molecule has 1 fully saturated rings. The van der Waals surface area contributed by atoms with Crippen LogP contribution in [0, 0.1) is 23.7 Å². The number of aliphatic hydroxyl groups is 5. The van der Waals surface area contributed by atoms with Crippen molar-refractivity contribution in [3.63, 3.8) is 0 Å². The van der Waals surface area contributed by atoms with E-state index in [0.29, 0.717) is 83.1 Å². The lowest BCUT2D eigenvalue weighted by Crippen LogP contribution is -2.59. The van der Waals surface area contributed by atoms with Crippen molar-refractivity contribution >= 4 is 83.6 Å². The van der Waals surface area contributed by atoms with Crippen LogP contribution in [0.25, 0.3) is 0 Å². The lowest BCUT2D eigenvalue weighted by Gasteiger charge is -2.41. The molecule has 0 spiro atoms. The molecule has 0 saturated carbocycles. The highest BCUT2D eigenvalue weighted by molar-refractivity contribution is 7.80. The summed E-state index contributed by atoms with van der Waals surface area (Å²) in [5.74, 6) is -5.11. The van der Waals surface area contributed by atoms with Crippen molar-refractivity contribution in [1.82, 2.24) is 41.3 Å². The van der Waals surface area contributed by atoms with Gasteiger partial charge in [-0.15, -0.1) is 0 Å². The van der Waals surface area contributed by atoms with Crippen molar-refractivity contribution in [2.24, 2.45) is 23.7 Å². The van der Waals surface area contributed by atoms with Crippen molar-refractivity contribution < 1.29 is 150 Å². The standard InChI is InChI=1S/C59H101N7O14.C14H27NO6S.C12H22O7.C7H16O4/c1-16-39(7)54(65(12)59(75)52(37(3)4)63-58(74)53(38(5)6)64(10)11)47(76-13)34-49(70)66-32-24-27-45(66)55(78-15)40(8)56(72)62-44(33-42-25-19-18-20-26-42)57(73)60-31-22-21-28-46(68)41(9)61-48(69)29-23-30-50(71)79-36-51(77-14)80-43(17-2)35-67;1-3-11(9-16)21-14(19-2)10-20-13(18)6-4-5-12(17)15-7-8-22;1-3-9(7-13)19-12(17-2)8-18-11(16)6-4-5-10(14)15;1-3-6(4-8)11-7(5-9)10-2/h18-20,25-26,37-41,43-45,47,51-55,67H,16-17,21-24,27-36H2,1-15H3,(H,60,73)(H,61,69)(H,62,72)(H,63,74);11,14,16,22H,3-10H2,1-2H3,(H,15,17);9,12-13H,3-8H2,1-2H3,(H,14,15);6-9H,3-5H2,1-2H3/t39-,40+,41?,43?,44?,45-,47+,51?,52-,53-,54-,55+;;;/m0.../s1. The molecule has 18 atom stereocenters. The monoisotopic (exact) mass is 1910 g/mol. The predicted molar refractivity (Wildman–Crippen MR) is 495 cm³/mol. The van der Waals surface area contributed by atoms with Crippen LogP contribution >= 0.6 is 12.6 Å². The van der Waals surface area contributed by atoms with Gasteiger partial charge in [-0.2, -0.15) is 12.6 Å². The molecule has 0 radical (unpaired) electrons. The lowest BCUT2D eigenvalue weighted by atomic mass is 9.89.